The number of nitrogens with one attached hydrogen (secondary N) is 3. The summed E-state index contributed by atoms with van der Waals surface area (Å²) in [5.41, 5.74) is 0. The number of hydrogen-bond donors (Lipinski definition) is 3. The first-order valence-corrected chi connectivity index (χ1v) is 6.02. The minimum absolute atomic E-state index is 0.0910. The Morgan fingerprint density at radius 3 is 3.06 bits per heavy atom. The van der Waals surface area contributed by atoms with Gasteiger partial charge in [-0.1, -0.05) is 0 Å². The van der Waals surface area contributed by atoms with Crippen molar-refractivity contribution in [2.75, 3.05) is 39.9 Å². The number of ether oxygens (including phenoxy) is 1. The fraction of sp³-hybridized carbons (Fsp3) is 0.909. The Kier molecular flexibility index (Phi) is 7.12. The van der Waals surface area contributed by atoms with Crippen molar-refractivity contribution in [2.45, 2.75) is 25.3 Å². The van der Waals surface area contributed by atoms with Crippen LogP contribution in [-0.4, -0.2) is 51.8 Å². The molecule has 0 radical (unpaired) electrons. The Morgan fingerprint density at radius 1 is 1.50 bits per heavy atom. The van der Waals surface area contributed by atoms with Gasteiger partial charge in [-0.15, -0.1) is 0 Å². The van der Waals surface area contributed by atoms with E-state index in [-0.39, 0.29) is 5.91 Å². The van der Waals surface area contributed by atoms with Crippen molar-refractivity contribution in [3.8, 4) is 0 Å². The lowest BCUT2D eigenvalue weighted by atomic mass is 10.1. The highest BCUT2D eigenvalue weighted by atomic mass is 16.5. The molecule has 5 heteroatoms. The number of hydrogen-bond acceptors (Lipinski definition) is 4. The van der Waals surface area contributed by atoms with Crippen LogP contribution < -0.4 is 16.0 Å². The molecule has 0 saturated carbocycles. The van der Waals surface area contributed by atoms with Crippen LogP contribution in [0.4, 0.5) is 0 Å². The molecular weight excluding hydrogens is 206 g/mol. The van der Waals surface area contributed by atoms with Crippen LogP contribution in [0.1, 0.15) is 19.3 Å². The summed E-state index contributed by atoms with van der Waals surface area (Å²) in [5.74, 6) is 0.0910. The normalized spacial score (nSPS) is 20.7. The summed E-state index contributed by atoms with van der Waals surface area (Å²) >= 11 is 0. The molecule has 1 atom stereocenters. The molecule has 1 heterocycles. The van der Waals surface area contributed by atoms with Crippen LogP contribution in [0.25, 0.3) is 0 Å². The highest BCUT2D eigenvalue weighted by Gasteiger charge is 2.11. The zero-order valence-electron chi connectivity index (χ0n) is 10.1. The molecule has 0 aromatic rings. The molecule has 1 amide bonds. The Labute approximate surface area is 97.3 Å². The van der Waals surface area contributed by atoms with Crippen molar-refractivity contribution < 1.29 is 9.53 Å². The summed E-state index contributed by atoms with van der Waals surface area (Å²) in [7, 11) is 1.63. The third-order valence-electron chi connectivity index (χ3n) is 2.71. The van der Waals surface area contributed by atoms with Gasteiger partial charge in [0.15, 0.2) is 0 Å². The van der Waals surface area contributed by atoms with Gasteiger partial charge in [-0.3, -0.25) is 4.79 Å². The van der Waals surface area contributed by atoms with Crippen LogP contribution >= 0.6 is 0 Å². The smallest absolute Gasteiger partial charge is 0.221 e. The van der Waals surface area contributed by atoms with Crippen LogP contribution in [0, 0.1) is 0 Å². The summed E-state index contributed by atoms with van der Waals surface area (Å²) in [6.07, 6.45) is 2.97. The van der Waals surface area contributed by atoms with Crippen molar-refractivity contribution in [3.63, 3.8) is 0 Å². The SMILES string of the molecule is COCCNC(=O)CCNC1CCCNC1. The third kappa shape index (κ3) is 6.05. The maximum atomic E-state index is 11.3. The van der Waals surface area contributed by atoms with Crippen LogP contribution in [-0.2, 0) is 9.53 Å². The average Bonchev–Trinajstić information content (AvgIpc) is 2.31. The summed E-state index contributed by atoms with van der Waals surface area (Å²) in [5, 5.41) is 9.53. The first-order valence-electron chi connectivity index (χ1n) is 6.02. The molecular formula is C11H23N3O2. The number of carbonyl (C=O) groups is 1. The number of amides is 1. The van der Waals surface area contributed by atoms with Crippen molar-refractivity contribution in [1.82, 2.24) is 16.0 Å². The van der Waals surface area contributed by atoms with Crippen LogP contribution in [0.3, 0.4) is 0 Å². The summed E-state index contributed by atoms with van der Waals surface area (Å²) in [6.45, 7) is 4.07. The van der Waals surface area contributed by atoms with Crippen molar-refractivity contribution >= 4 is 5.91 Å². The molecule has 1 unspecified atom stereocenters. The number of methoxy groups -OCH3 is 1. The van der Waals surface area contributed by atoms with Gasteiger partial charge in [-0.05, 0) is 19.4 Å². The first kappa shape index (κ1) is 13.4. The van der Waals surface area contributed by atoms with E-state index in [0.717, 1.165) is 19.6 Å². The van der Waals surface area contributed by atoms with Crippen LogP contribution in [0.5, 0.6) is 0 Å². The van der Waals surface area contributed by atoms with E-state index >= 15 is 0 Å². The van der Waals surface area contributed by atoms with E-state index in [1.807, 2.05) is 0 Å². The molecule has 0 spiro atoms. The average molecular weight is 229 g/mol. The maximum Gasteiger partial charge on any atom is 0.221 e. The minimum Gasteiger partial charge on any atom is -0.383 e. The minimum atomic E-state index is 0.0910. The van der Waals surface area contributed by atoms with E-state index in [0.29, 0.717) is 25.6 Å². The van der Waals surface area contributed by atoms with Crippen LogP contribution in [0.2, 0.25) is 0 Å². The molecule has 3 N–H and O–H groups in total. The zero-order chi connectivity index (χ0) is 11.6. The fourth-order valence-electron chi connectivity index (χ4n) is 1.80. The lowest BCUT2D eigenvalue weighted by Crippen LogP contribution is -2.44. The van der Waals surface area contributed by atoms with Gasteiger partial charge >= 0.3 is 0 Å². The summed E-state index contributed by atoms with van der Waals surface area (Å²) < 4.78 is 4.85. The van der Waals surface area contributed by atoms with E-state index in [2.05, 4.69) is 16.0 Å². The van der Waals surface area contributed by atoms with Gasteiger partial charge in [0.2, 0.25) is 5.91 Å². The molecule has 1 rings (SSSR count). The predicted octanol–water partition coefficient (Wildman–Crippen LogP) is -0.519. The second-order valence-corrected chi connectivity index (χ2v) is 4.09. The highest BCUT2D eigenvalue weighted by Crippen LogP contribution is 2.00. The van der Waals surface area contributed by atoms with Gasteiger partial charge in [-0.25, -0.2) is 0 Å². The molecule has 0 aliphatic carbocycles. The van der Waals surface area contributed by atoms with Gasteiger partial charge in [0.05, 0.1) is 6.61 Å². The van der Waals surface area contributed by atoms with Gasteiger partial charge in [0.1, 0.15) is 0 Å². The molecule has 0 aromatic heterocycles. The van der Waals surface area contributed by atoms with Crippen LogP contribution in [0.15, 0.2) is 0 Å². The zero-order valence-corrected chi connectivity index (χ0v) is 10.1. The molecule has 0 aromatic carbocycles. The lowest BCUT2D eigenvalue weighted by Gasteiger charge is -2.23. The Balaban J connectivity index is 1.94. The Morgan fingerprint density at radius 2 is 2.38 bits per heavy atom. The van der Waals surface area contributed by atoms with E-state index in [1.54, 1.807) is 7.11 Å². The number of carbonyl (C=O) groups excluding carboxylic acids is 1. The van der Waals surface area contributed by atoms with Crippen molar-refractivity contribution in [3.05, 3.63) is 0 Å². The van der Waals surface area contributed by atoms with E-state index in [4.69, 9.17) is 4.74 Å². The van der Waals surface area contributed by atoms with Crippen molar-refractivity contribution in [1.29, 1.82) is 0 Å². The number of rotatable bonds is 7. The maximum absolute atomic E-state index is 11.3. The highest BCUT2D eigenvalue weighted by molar-refractivity contribution is 5.76. The Hall–Kier alpha value is -0.650. The van der Waals surface area contributed by atoms with E-state index in [9.17, 15) is 4.79 Å². The molecule has 5 nitrogen and oxygen atoms in total. The van der Waals surface area contributed by atoms with Gasteiger partial charge in [-0.2, -0.15) is 0 Å². The monoisotopic (exact) mass is 229 g/mol. The van der Waals surface area contributed by atoms with Gasteiger partial charge in [0.25, 0.3) is 0 Å². The largest absolute Gasteiger partial charge is 0.383 e. The topological polar surface area (TPSA) is 62.4 Å². The third-order valence-corrected chi connectivity index (χ3v) is 2.71. The molecule has 1 aliphatic heterocycles. The molecule has 16 heavy (non-hydrogen) atoms. The second kappa shape index (κ2) is 8.50. The molecule has 0 bridgehead atoms. The second-order valence-electron chi connectivity index (χ2n) is 4.09. The van der Waals surface area contributed by atoms with E-state index < -0.39 is 0 Å². The number of piperidine rings is 1. The molecule has 1 saturated heterocycles. The van der Waals surface area contributed by atoms with E-state index in [1.165, 1.54) is 12.8 Å². The summed E-state index contributed by atoms with van der Waals surface area (Å²) in [4.78, 5) is 11.3. The first-order chi connectivity index (χ1) is 7.83. The van der Waals surface area contributed by atoms with Gasteiger partial charge < -0.3 is 20.7 Å². The summed E-state index contributed by atoms with van der Waals surface area (Å²) in [6, 6.07) is 0.528. The quantitative estimate of drug-likeness (QED) is 0.514. The standard InChI is InChI=1S/C11H23N3O2/c1-16-8-7-14-11(15)4-6-13-10-3-2-5-12-9-10/h10,12-13H,2-9H2,1H3,(H,14,15). The van der Waals surface area contributed by atoms with Crippen molar-refractivity contribution in [2.24, 2.45) is 0 Å². The molecule has 1 fully saturated rings. The molecule has 94 valence electrons. The fourth-order valence-corrected chi connectivity index (χ4v) is 1.80. The Bertz CT molecular complexity index is 194. The molecule has 1 aliphatic rings. The lowest BCUT2D eigenvalue weighted by molar-refractivity contribution is -0.121. The predicted molar refractivity (Wildman–Crippen MR) is 63.4 cm³/mol. The van der Waals surface area contributed by atoms with Gasteiger partial charge in [0, 0.05) is 39.2 Å².